The van der Waals surface area contributed by atoms with E-state index in [-0.39, 0.29) is 18.5 Å². The van der Waals surface area contributed by atoms with Crippen molar-refractivity contribution in [2.24, 2.45) is 5.92 Å². The van der Waals surface area contributed by atoms with Crippen LogP contribution < -0.4 is 4.90 Å². The van der Waals surface area contributed by atoms with Crippen LogP contribution in [-0.2, 0) is 14.3 Å². The quantitative estimate of drug-likeness (QED) is 0.573. The maximum Gasteiger partial charge on any atom is 0.329 e. The molecular formula is C16H22FNO3. The van der Waals surface area contributed by atoms with Gasteiger partial charge in [0.1, 0.15) is 18.1 Å². The second-order valence-electron chi connectivity index (χ2n) is 5.17. The van der Waals surface area contributed by atoms with E-state index in [1.165, 1.54) is 12.1 Å². The summed E-state index contributed by atoms with van der Waals surface area (Å²) >= 11 is 0. The summed E-state index contributed by atoms with van der Waals surface area (Å²) < 4.78 is 18.2. The SMILES string of the molecule is CCOC(=O)C(C(C)C=O)N(c1ccc(F)cc1)C(C)C. The first-order chi connectivity index (χ1) is 9.92. The standard InChI is InChI=1S/C16H22FNO3/c1-5-21-16(20)15(12(4)10-19)18(11(2)3)14-8-6-13(17)7-9-14/h6-12,15H,5H2,1-4H3. The van der Waals surface area contributed by atoms with E-state index in [9.17, 15) is 14.0 Å². The van der Waals surface area contributed by atoms with Gasteiger partial charge in [0, 0.05) is 17.6 Å². The first-order valence-corrected chi connectivity index (χ1v) is 7.08. The molecule has 0 aromatic heterocycles. The van der Waals surface area contributed by atoms with Crippen molar-refractivity contribution in [3.05, 3.63) is 30.1 Å². The monoisotopic (exact) mass is 295 g/mol. The molecule has 0 bridgehead atoms. The van der Waals surface area contributed by atoms with Gasteiger partial charge >= 0.3 is 5.97 Å². The van der Waals surface area contributed by atoms with E-state index >= 15 is 0 Å². The Morgan fingerprint density at radius 2 is 1.86 bits per heavy atom. The topological polar surface area (TPSA) is 46.6 Å². The number of anilines is 1. The Kier molecular flexibility index (Phi) is 6.34. The number of benzene rings is 1. The van der Waals surface area contributed by atoms with Gasteiger partial charge in [-0.15, -0.1) is 0 Å². The lowest BCUT2D eigenvalue weighted by molar-refractivity contribution is -0.147. The molecule has 0 radical (unpaired) electrons. The van der Waals surface area contributed by atoms with E-state index in [4.69, 9.17) is 4.74 Å². The van der Waals surface area contributed by atoms with Crippen LogP contribution in [0.5, 0.6) is 0 Å². The Morgan fingerprint density at radius 1 is 1.29 bits per heavy atom. The van der Waals surface area contributed by atoms with E-state index in [1.54, 1.807) is 30.9 Å². The maximum absolute atomic E-state index is 13.1. The minimum atomic E-state index is -0.729. The summed E-state index contributed by atoms with van der Waals surface area (Å²) in [5.74, 6) is -1.33. The number of hydrogen-bond donors (Lipinski definition) is 0. The first kappa shape index (κ1) is 17.1. The minimum Gasteiger partial charge on any atom is -0.464 e. The molecule has 4 nitrogen and oxygen atoms in total. The van der Waals surface area contributed by atoms with Crippen LogP contribution in [0.15, 0.2) is 24.3 Å². The Hall–Kier alpha value is -1.91. The van der Waals surface area contributed by atoms with Gasteiger partial charge in [0.05, 0.1) is 6.61 Å². The summed E-state index contributed by atoms with van der Waals surface area (Å²) in [6, 6.07) is 5.08. The molecule has 0 amide bonds. The molecule has 0 saturated heterocycles. The van der Waals surface area contributed by atoms with Gasteiger partial charge < -0.3 is 14.4 Å². The number of nitrogens with zero attached hydrogens (tertiary/aromatic N) is 1. The lowest BCUT2D eigenvalue weighted by Crippen LogP contribution is -2.50. The molecule has 0 aliphatic carbocycles. The molecule has 116 valence electrons. The van der Waals surface area contributed by atoms with Gasteiger partial charge in [-0.2, -0.15) is 0 Å². The van der Waals surface area contributed by atoms with Crippen molar-refractivity contribution in [2.75, 3.05) is 11.5 Å². The van der Waals surface area contributed by atoms with E-state index in [0.717, 1.165) is 6.29 Å². The Bertz CT molecular complexity index is 473. The molecule has 0 spiro atoms. The summed E-state index contributed by atoms with van der Waals surface area (Å²) in [4.78, 5) is 25.2. The third kappa shape index (κ3) is 4.28. The number of rotatable bonds is 7. The highest BCUT2D eigenvalue weighted by atomic mass is 19.1. The summed E-state index contributed by atoms with van der Waals surface area (Å²) in [7, 11) is 0. The third-order valence-corrected chi connectivity index (χ3v) is 3.22. The number of hydrogen-bond acceptors (Lipinski definition) is 4. The molecule has 2 unspecified atom stereocenters. The normalized spacial score (nSPS) is 13.6. The van der Waals surface area contributed by atoms with E-state index in [0.29, 0.717) is 5.69 Å². The lowest BCUT2D eigenvalue weighted by Gasteiger charge is -2.37. The molecule has 0 heterocycles. The summed E-state index contributed by atoms with van der Waals surface area (Å²) in [6.07, 6.45) is 0.737. The van der Waals surface area contributed by atoms with Crippen molar-refractivity contribution in [2.45, 2.75) is 39.8 Å². The van der Waals surface area contributed by atoms with Crippen LogP contribution in [0.3, 0.4) is 0 Å². The number of carbonyl (C=O) groups is 2. The predicted molar refractivity (Wildman–Crippen MR) is 79.7 cm³/mol. The van der Waals surface area contributed by atoms with Gasteiger partial charge in [0.15, 0.2) is 0 Å². The zero-order valence-electron chi connectivity index (χ0n) is 12.9. The van der Waals surface area contributed by atoms with Gasteiger partial charge in [0.2, 0.25) is 0 Å². The first-order valence-electron chi connectivity index (χ1n) is 7.08. The number of carbonyl (C=O) groups excluding carboxylic acids is 2. The second kappa shape index (κ2) is 7.76. The average molecular weight is 295 g/mol. The van der Waals surface area contributed by atoms with E-state index in [1.807, 2.05) is 13.8 Å². The fourth-order valence-electron chi connectivity index (χ4n) is 2.28. The van der Waals surface area contributed by atoms with Gasteiger partial charge in [-0.05, 0) is 45.0 Å². The Balaban J connectivity index is 3.22. The Labute approximate surface area is 124 Å². The van der Waals surface area contributed by atoms with Crippen LogP contribution in [0.4, 0.5) is 10.1 Å². The zero-order valence-corrected chi connectivity index (χ0v) is 12.9. The molecule has 1 aromatic rings. The molecule has 0 fully saturated rings. The smallest absolute Gasteiger partial charge is 0.329 e. The van der Waals surface area contributed by atoms with Crippen molar-refractivity contribution < 1.29 is 18.7 Å². The molecule has 21 heavy (non-hydrogen) atoms. The number of halogens is 1. The summed E-state index contributed by atoms with van der Waals surface area (Å²) in [6.45, 7) is 7.46. The van der Waals surface area contributed by atoms with Crippen LogP contribution in [-0.4, -0.2) is 30.9 Å². The zero-order chi connectivity index (χ0) is 16.0. The highest BCUT2D eigenvalue weighted by Crippen LogP contribution is 2.24. The lowest BCUT2D eigenvalue weighted by atomic mass is 9.99. The van der Waals surface area contributed by atoms with Crippen molar-refractivity contribution in [3.63, 3.8) is 0 Å². The Morgan fingerprint density at radius 3 is 2.29 bits per heavy atom. The van der Waals surface area contributed by atoms with Crippen LogP contribution in [0.1, 0.15) is 27.7 Å². The molecule has 2 atom stereocenters. The fourth-order valence-corrected chi connectivity index (χ4v) is 2.28. The second-order valence-corrected chi connectivity index (χ2v) is 5.17. The fraction of sp³-hybridized carbons (Fsp3) is 0.500. The van der Waals surface area contributed by atoms with Crippen molar-refractivity contribution in [1.29, 1.82) is 0 Å². The van der Waals surface area contributed by atoms with E-state index < -0.39 is 17.9 Å². The number of aldehydes is 1. The van der Waals surface area contributed by atoms with Crippen molar-refractivity contribution in [1.82, 2.24) is 0 Å². The van der Waals surface area contributed by atoms with Crippen molar-refractivity contribution in [3.8, 4) is 0 Å². The largest absolute Gasteiger partial charge is 0.464 e. The minimum absolute atomic E-state index is 0.0488. The molecule has 0 aliphatic rings. The van der Waals surface area contributed by atoms with E-state index in [2.05, 4.69) is 0 Å². The third-order valence-electron chi connectivity index (χ3n) is 3.22. The summed E-state index contributed by atoms with van der Waals surface area (Å²) in [5, 5.41) is 0. The van der Waals surface area contributed by atoms with Gasteiger partial charge in [-0.25, -0.2) is 9.18 Å². The van der Waals surface area contributed by atoms with Gasteiger partial charge in [-0.1, -0.05) is 6.92 Å². The molecule has 5 heteroatoms. The molecule has 1 rings (SSSR count). The van der Waals surface area contributed by atoms with Crippen LogP contribution in [0, 0.1) is 11.7 Å². The molecule has 0 aliphatic heterocycles. The highest BCUT2D eigenvalue weighted by molar-refractivity contribution is 5.84. The number of ether oxygens (including phenoxy) is 1. The van der Waals surface area contributed by atoms with Crippen LogP contribution in [0.2, 0.25) is 0 Å². The van der Waals surface area contributed by atoms with Crippen LogP contribution >= 0.6 is 0 Å². The predicted octanol–water partition coefficient (Wildman–Crippen LogP) is 2.81. The molecule has 0 N–H and O–H groups in total. The number of esters is 1. The molecule has 1 aromatic carbocycles. The average Bonchev–Trinajstić information content (AvgIpc) is 2.45. The summed E-state index contributed by atoms with van der Waals surface area (Å²) in [5.41, 5.74) is 0.679. The highest BCUT2D eigenvalue weighted by Gasteiger charge is 2.34. The molecule has 0 saturated carbocycles. The van der Waals surface area contributed by atoms with Gasteiger partial charge in [-0.3, -0.25) is 0 Å². The van der Waals surface area contributed by atoms with Gasteiger partial charge in [0.25, 0.3) is 0 Å². The molecular weight excluding hydrogens is 273 g/mol. The maximum atomic E-state index is 13.1. The van der Waals surface area contributed by atoms with Crippen molar-refractivity contribution >= 4 is 17.9 Å². The van der Waals surface area contributed by atoms with Crippen LogP contribution in [0.25, 0.3) is 0 Å².